The SMILES string of the molecule is CC(NCCc1ccnn1C)C(=O)NC1CCCCC1. The molecule has 1 amide bonds. The van der Waals surface area contributed by atoms with Crippen molar-refractivity contribution in [1.29, 1.82) is 0 Å². The van der Waals surface area contributed by atoms with E-state index in [1.807, 2.05) is 24.7 Å². The van der Waals surface area contributed by atoms with E-state index in [1.54, 1.807) is 6.20 Å². The molecule has 1 aliphatic carbocycles. The molecule has 20 heavy (non-hydrogen) atoms. The van der Waals surface area contributed by atoms with Gasteiger partial charge in [0.2, 0.25) is 5.91 Å². The molecule has 0 aliphatic heterocycles. The predicted molar refractivity (Wildman–Crippen MR) is 79.4 cm³/mol. The van der Waals surface area contributed by atoms with Crippen LogP contribution in [0.25, 0.3) is 0 Å². The van der Waals surface area contributed by atoms with Crippen molar-refractivity contribution in [2.45, 2.75) is 57.5 Å². The number of hydrogen-bond donors (Lipinski definition) is 2. The highest BCUT2D eigenvalue weighted by molar-refractivity contribution is 5.81. The molecule has 0 radical (unpaired) electrons. The first-order chi connectivity index (χ1) is 9.66. The average molecular weight is 278 g/mol. The van der Waals surface area contributed by atoms with Gasteiger partial charge in [0.25, 0.3) is 0 Å². The Morgan fingerprint density at radius 2 is 2.20 bits per heavy atom. The van der Waals surface area contributed by atoms with E-state index >= 15 is 0 Å². The standard InChI is InChI=1S/C15H26N4O/c1-12(15(20)18-13-6-4-3-5-7-13)16-10-8-14-9-11-17-19(14)2/h9,11-13,16H,3-8,10H2,1-2H3,(H,18,20). The molecule has 1 atom stereocenters. The van der Waals surface area contributed by atoms with E-state index in [0.29, 0.717) is 6.04 Å². The Morgan fingerprint density at radius 3 is 2.85 bits per heavy atom. The van der Waals surface area contributed by atoms with Crippen LogP contribution in [0.1, 0.15) is 44.7 Å². The van der Waals surface area contributed by atoms with Crippen molar-refractivity contribution in [2.24, 2.45) is 7.05 Å². The van der Waals surface area contributed by atoms with E-state index in [2.05, 4.69) is 15.7 Å². The van der Waals surface area contributed by atoms with Gasteiger partial charge in [-0.3, -0.25) is 9.48 Å². The number of nitrogens with one attached hydrogen (secondary N) is 2. The number of hydrogen-bond acceptors (Lipinski definition) is 3. The molecule has 0 saturated heterocycles. The minimum Gasteiger partial charge on any atom is -0.352 e. The Kier molecular flexibility index (Phi) is 5.59. The minimum atomic E-state index is -0.134. The molecular formula is C15H26N4O. The van der Waals surface area contributed by atoms with Gasteiger partial charge in [-0.25, -0.2) is 0 Å². The number of aryl methyl sites for hydroxylation is 1. The van der Waals surface area contributed by atoms with Crippen LogP contribution in [-0.4, -0.2) is 34.3 Å². The van der Waals surface area contributed by atoms with Crippen LogP contribution in [0.2, 0.25) is 0 Å². The second kappa shape index (κ2) is 7.43. The van der Waals surface area contributed by atoms with E-state index in [9.17, 15) is 4.79 Å². The van der Waals surface area contributed by atoms with Gasteiger partial charge in [-0.05, 0) is 25.8 Å². The van der Waals surface area contributed by atoms with Gasteiger partial charge in [0.05, 0.1) is 6.04 Å². The third kappa shape index (κ3) is 4.34. The van der Waals surface area contributed by atoms with Crippen LogP contribution in [0.3, 0.4) is 0 Å². The normalized spacial score (nSPS) is 17.9. The molecule has 1 aliphatic rings. The van der Waals surface area contributed by atoms with Crippen LogP contribution in [0, 0.1) is 0 Å². The van der Waals surface area contributed by atoms with Gasteiger partial charge in [-0.15, -0.1) is 0 Å². The first-order valence-electron chi connectivity index (χ1n) is 7.67. The molecule has 0 spiro atoms. The van der Waals surface area contributed by atoms with E-state index in [-0.39, 0.29) is 11.9 Å². The molecule has 112 valence electrons. The Labute approximate surface area is 121 Å². The van der Waals surface area contributed by atoms with Crippen molar-refractivity contribution >= 4 is 5.91 Å². The van der Waals surface area contributed by atoms with E-state index in [4.69, 9.17) is 0 Å². The first-order valence-corrected chi connectivity index (χ1v) is 7.67. The molecule has 5 nitrogen and oxygen atoms in total. The van der Waals surface area contributed by atoms with Gasteiger partial charge in [0, 0.05) is 37.9 Å². The van der Waals surface area contributed by atoms with Gasteiger partial charge in [-0.1, -0.05) is 19.3 Å². The quantitative estimate of drug-likeness (QED) is 0.827. The van der Waals surface area contributed by atoms with E-state index in [0.717, 1.165) is 25.8 Å². The summed E-state index contributed by atoms with van der Waals surface area (Å²) >= 11 is 0. The van der Waals surface area contributed by atoms with Gasteiger partial charge in [0.1, 0.15) is 0 Å². The zero-order valence-electron chi connectivity index (χ0n) is 12.6. The van der Waals surface area contributed by atoms with Crippen molar-refractivity contribution in [3.63, 3.8) is 0 Å². The van der Waals surface area contributed by atoms with Crippen LogP contribution >= 0.6 is 0 Å². The summed E-state index contributed by atoms with van der Waals surface area (Å²) in [7, 11) is 1.94. The lowest BCUT2D eigenvalue weighted by atomic mass is 9.95. The van der Waals surface area contributed by atoms with E-state index < -0.39 is 0 Å². The molecule has 2 N–H and O–H groups in total. The highest BCUT2D eigenvalue weighted by atomic mass is 16.2. The van der Waals surface area contributed by atoms with Crippen LogP contribution in [0.4, 0.5) is 0 Å². The smallest absolute Gasteiger partial charge is 0.237 e. The summed E-state index contributed by atoms with van der Waals surface area (Å²) < 4.78 is 1.87. The topological polar surface area (TPSA) is 59.0 Å². The largest absolute Gasteiger partial charge is 0.352 e. The summed E-state index contributed by atoms with van der Waals surface area (Å²) in [5, 5.41) is 10.6. The third-order valence-electron chi connectivity index (χ3n) is 4.10. The zero-order chi connectivity index (χ0) is 14.4. The van der Waals surface area contributed by atoms with Gasteiger partial charge in [0.15, 0.2) is 0 Å². The first kappa shape index (κ1) is 15.0. The molecule has 0 aromatic carbocycles. The molecule has 1 saturated carbocycles. The number of nitrogens with zero attached hydrogens (tertiary/aromatic N) is 2. The fraction of sp³-hybridized carbons (Fsp3) is 0.733. The second-order valence-corrected chi connectivity index (χ2v) is 5.72. The molecule has 1 heterocycles. The van der Waals surface area contributed by atoms with Crippen molar-refractivity contribution in [2.75, 3.05) is 6.54 Å². The second-order valence-electron chi connectivity index (χ2n) is 5.72. The Morgan fingerprint density at radius 1 is 1.45 bits per heavy atom. The molecule has 1 unspecified atom stereocenters. The minimum absolute atomic E-state index is 0.127. The zero-order valence-corrected chi connectivity index (χ0v) is 12.6. The Bertz CT molecular complexity index is 423. The van der Waals surface area contributed by atoms with Gasteiger partial charge in [-0.2, -0.15) is 5.10 Å². The lowest BCUT2D eigenvalue weighted by molar-refractivity contribution is -0.123. The highest BCUT2D eigenvalue weighted by Crippen LogP contribution is 2.17. The monoisotopic (exact) mass is 278 g/mol. The fourth-order valence-corrected chi connectivity index (χ4v) is 2.73. The number of aromatic nitrogens is 2. The van der Waals surface area contributed by atoms with Crippen LogP contribution in [0.15, 0.2) is 12.3 Å². The maximum absolute atomic E-state index is 12.1. The molecular weight excluding hydrogens is 252 g/mol. The fourth-order valence-electron chi connectivity index (χ4n) is 2.73. The van der Waals surface area contributed by atoms with E-state index in [1.165, 1.54) is 25.0 Å². The van der Waals surface area contributed by atoms with Crippen LogP contribution in [0.5, 0.6) is 0 Å². The molecule has 1 fully saturated rings. The van der Waals surface area contributed by atoms with Crippen LogP contribution < -0.4 is 10.6 Å². The molecule has 2 rings (SSSR count). The lowest BCUT2D eigenvalue weighted by Crippen LogP contribution is -2.47. The Balaban J connectivity index is 1.67. The van der Waals surface area contributed by atoms with Gasteiger partial charge >= 0.3 is 0 Å². The number of carbonyl (C=O) groups is 1. The van der Waals surface area contributed by atoms with Crippen molar-refractivity contribution in [3.8, 4) is 0 Å². The predicted octanol–water partition coefficient (Wildman–Crippen LogP) is 1.39. The average Bonchev–Trinajstić information content (AvgIpc) is 2.85. The van der Waals surface area contributed by atoms with Crippen molar-refractivity contribution in [1.82, 2.24) is 20.4 Å². The number of carbonyl (C=O) groups excluding carboxylic acids is 1. The molecule has 0 bridgehead atoms. The highest BCUT2D eigenvalue weighted by Gasteiger charge is 2.19. The molecule has 1 aromatic heterocycles. The lowest BCUT2D eigenvalue weighted by Gasteiger charge is -2.24. The maximum Gasteiger partial charge on any atom is 0.237 e. The van der Waals surface area contributed by atoms with Crippen LogP contribution in [-0.2, 0) is 18.3 Å². The molecule has 5 heteroatoms. The number of rotatable bonds is 6. The number of amides is 1. The summed E-state index contributed by atoms with van der Waals surface area (Å²) in [4.78, 5) is 12.1. The third-order valence-corrected chi connectivity index (χ3v) is 4.10. The summed E-state index contributed by atoms with van der Waals surface area (Å²) in [6.07, 6.45) is 8.75. The molecule has 1 aromatic rings. The van der Waals surface area contributed by atoms with Crippen molar-refractivity contribution in [3.05, 3.63) is 18.0 Å². The summed E-state index contributed by atoms with van der Waals surface area (Å²) in [6.45, 7) is 2.72. The Hall–Kier alpha value is -1.36. The van der Waals surface area contributed by atoms with Gasteiger partial charge < -0.3 is 10.6 Å². The summed E-state index contributed by atoms with van der Waals surface area (Å²) in [6, 6.07) is 2.26. The summed E-state index contributed by atoms with van der Waals surface area (Å²) in [5.41, 5.74) is 1.18. The maximum atomic E-state index is 12.1. The van der Waals surface area contributed by atoms with Crippen molar-refractivity contribution < 1.29 is 4.79 Å². The summed E-state index contributed by atoms with van der Waals surface area (Å²) in [5.74, 6) is 0.127.